The molecule has 8 heteroatoms. The second kappa shape index (κ2) is 7.37. The van der Waals surface area contributed by atoms with E-state index in [0.29, 0.717) is 44.1 Å². The lowest BCUT2D eigenvalue weighted by Crippen LogP contribution is -2.07. The Labute approximate surface area is 182 Å². The van der Waals surface area contributed by atoms with E-state index >= 15 is 0 Å². The molecule has 1 aliphatic rings. The van der Waals surface area contributed by atoms with Crippen LogP contribution in [-0.2, 0) is 0 Å². The largest absolute Gasteiger partial charge is 0.359 e. The lowest BCUT2D eigenvalue weighted by Gasteiger charge is -2.13. The van der Waals surface area contributed by atoms with Crippen LogP contribution >= 0.6 is 11.6 Å². The molecule has 1 aromatic heterocycles. The summed E-state index contributed by atoms with van der Waals surface area (Å²) in [6.45, 7) is 2.01. The van der Waals surface area contributed by atoms with E-state index in [1.165, 1.54) is 6.07 Å². The number of H-pyrrole nitrogens is 1. The highest BCUT2D eigenvalue weighted by atomic mass is 35.5. The standard InChI is InChI=1S/C23H16ClN5O2/c1-13-6-2-3-7-14(13)19-12-25-21-16(22(27-19)15-8-4-5-9-18(15)24)10-20(29(30)31)23-17(21)11-26-28-23/h2-12,25H,1H3,(H,26,28). The van der Waals surface area contributed by atoms with Gasteiger partial charge in [-0.25, -0.2) is 4.99 Å². The van der Waals surface area contributed by atoms with E-state index in [1.807, 2.05) is 55.6 Å². The molecule has 31 heavy (non-hydrogen) atoms. The number of nitrogens with zero attached hydrogens (tertiary/aromatic N) is 3. The number of benzene rings is 3. The van der Waals surface area contributed by atoms with Gasteiger partial charge in [0.1, 0.15) is 5.52 Å². The number of nitro benzene ring substituents is 1. The molecule has 0 amide bonds. The number of aromatic amines is 1. The van der Waals surface area contributed by atoms with Gasteiger partial charge in [0, 0.05) is 34.0 Å². The number of aromatic nitrogens is 2. The third-order valence-electron chi connectivity index (χ3n) is 5.30. The van der Waals surface area contributed by atoms with E-state index in [9.17, 15) is 10.1 Å². The maximum absolute atomic E-state index is 11.8. The van der Waals surface area contributed by atoms with Crippen LogP contribution in [0.15, 0.2) is 72.0 Å². The van der Waals surface area contributed by atoms with Crippen molar-refractivity contribution in [3.8, 4) is 0 Å². The van der Waals surface area contributed by atoms with Gasteiger partial charge in [0.15, 0.2) is 0 Å². The van der Waals surface area contributed by atoms with E-state index in [1.54, 1.807) is 12.3 Å². The molecule has 0 unspecified atom stereocenters. The van der Waals surface area contributed by atoms with Crippen LogP contribution in [0.4, 0.5) is 11.4 Å². The first-order valence-corrected chi connectivity index (χ1v) is 9.93. The number of non-ortho nitro benzene ring substituents is 1. The molecule has 4 aromatic rings. The first-order valence-electron chi connectivity index (χ1n) is 9.55. The minimum Gasteiger partial charge on any atom is -0.359 e. The average Bonchev–Trinajstić information content (AvgIpc) is 3.17. The number of nitrogens with one attached hydrogen (secondary N) is 2. The van der Waals surface area contributed by atoms with Crippen LogP contribution in [0.5, 0.6) is 0 Å². The number of hydrogen-bond acceptors (Lipinski definition) is 5. The molecule has 0 bridgehead atoms. The van der Waals surface area contributed by atoms with Crippen LogP contribution in [0.1, 0.15) is 22.3 Å². The summed E-state index contributed by atoms with van der Waals surface area (Å²) in [7, 11) is 0. The topological polar surface area (TPSA) is 96.2 Å². The Kier molecular flexibility index (Phi) is 4.52. The fraction of sp³-hybridized carbons (Fsp3) is 0.0435. The minimum atomic E-state index is -0.425. The first-order chi connectivity index (χ1) is 15.0. The smallest absolute Gasteiger partial charge is 0.295 e. The Balaban J connectivity index is 1.85. The third kappa shape index (κ3) is 3.15. The van der Waals surface area contributed by atoms with Crippen LogP contribution in [-0.4, -0.2) is 20.8 Å². The number of fused-ring (bicyclic) bond motifs is 3. The number of aryl methyl sites for hydroxylation is 1. The molecule has 0 spiro atoms. The van der Waals surface area contributed by atoms with Crippen molar-refractivity contribution in [1.29, 1.82) is 0 Å². The van der Waals surface area contributed by atoms with Crippen molar-refractivity contribution in [3.63, 3.8) is 0 Å². The number of halogens is 1. The molecule has 3 aromatic carbocycles. The summed E-state index contributed by atoms with van der Waals surface area (Å²) in [5, 5.41) is 23.0. The highest BCUT2D eigenvalue weighted by molar-refractivity contribution is 6.36. The van der Waals surface area contributed by atoms with Gasteiger partial charge >= 0.3 is 0 Å². The van der Waals surface area contributed by atoms with Crippen molar-refractivity contribution in [3.05, 3.63) is 104 Å². The van der Waals surface area contributed by atoms with Gasteiger partial charge in [-0.3, -0.25) is 15.2 Å². The third-order valence-corrected chi connectivity index (χ3v) is 5.63. The second-order valence-corrected chi connectivity index (χ2v) is 7.57. The molecule has 0 saturated heterocycles. The summed E-state index contributed by atoms with van der Waals surface area (Å²) in [6.07, 6.45) is 3.38. The Morgan fingerprint density at radius 2 is 1.77 bits per heavy atom. The van der Waals surface area contributed by atoms with E-state index in [-0.39, 0.29) is 5.69 Å². The summed E-state index contributed by atoms with van der Waals surface area (Å²) >= 11 is 6.53. The Morgan fingerprint density at radius 1 is 1.03 bits per heavy atom. The minimum absolute atomic E-state index is 0.0767. The second-order valence-electron chi connectivity index (χ2n) is 7.16. The zero-order valence-corrected chi connectivity index (χ0v) is 17.1. The van der Waals surface area contributed by atoms with Gasteiger partial charge in [-0.2, -0.15) is 5.10 Å². The highest BCUT2D eigenvalue weighted by Crippen LogP contribution is 2.38. The fourth-order valence-corrected chi connectivity index (χ4v) is 4.02. The van der Waals surface area contributed by atoms with Crippen molar-refractivity contribution in [2.24, 2.45) is 4.99 Å². The molecule has 2 N–H and O–H groups in total. The molecule has 0 atom stereocenters. The van der Waals surface area contributed by atoms with Crippen molar-refractivity contribution in [1.82, 2.24) is 10.2 Å². The van der Waals surface area contributed by atoms with E-state index < -0.39 is 4.92 Å². The maximum Gasteiger partial charge on any atom is 0.295 e. The molecule has 0 radical (unpaired) electrons. The predicted octanol–water partition coefficient (Wildman–Crippen LogP) is 5.69. The van der Waals surface area contributed by atoms with Gasteiger partial charge in [-0.05, 0) is 18.6 Å². The van der Waals surface area contributed by atoms with Crippen LogP contribution in [0.3, 0.4) is 0 Å². The fourth-order valence-electron chi connectivity index (χ4n) is 3.79. The molecule has 1 aliphatic heterocycles. The van der Waals surface area contributed by atoms with Gasteiger partial charge in [-0.15, -0.1) is 0 Å². The molecule has 0 saturated carbocycles. The van der Waals surface area contributed by atoms with Crippen molar-refractivity contribution >= 4 is 45.3 Å². The summed E-state index contributed by atoms with van der Waals surface area (Å²) in [5.74, 6) is 0. The molecule has 0 fully saturated rings. The Bertz CT molecular complexity index is 1420. The number of anilines is 1. The Hall–Kier alpha value is -3.97. The highest BCUT2D eigenvalue weighted by Gasteiger charge is 2.26. The Morgan fingerprint density at radius 3 is 2.52 bits per heavy atom. The van der Waals surface area contributed by atoms with Gasteiger partial charge in [0.05, 0.1) is 33.6 Å². The first kappa shape index (κ1) is 19.0. The van der Waals surface area contributed by atoms with Crippen molar-refractivity contribution in [2.75, 3.05) is 5.32 Å². The van der Waals surface area contributed by atoms with Crippen LogP contribution in [0.2, 0.25) is 5.02 Å². The molecule has 2 heterocycles. The van der Waals surface area contributed by atoms with Crippen LogP contribution in [0.25, 0.3) is 16.6 Å². The van der Waals surface area contributed by atoms with Crippen LogP contribution in [0, 0.1) is 17.0 Å². The number of nitro groups is 1. The van der Waals surface area contributed by atoms with E-state index in [2.05, 4.69) is 15.5 Å². The van der Waals surface area contributed by atoms with Gasteiger partial charge < -0.3 is 5.32 Å². The van der Waals surface area contributed by atoms with E-state index in [0.717, 1.165) is 11.1 Å². The van der Waals surface area contributed by atoms with E-state index in [4.69, 9.17) is 16.6 Å². The average molecular weight is 430 g/mol. The zero-order chi connectivity index (χ0) is 21.5. The molecule has 0 aliphatic carbocycles. The normalized spacial score (nSPS) is 13.1. The molecule has 152 valence electrons. The molecular weight excluding hydrogens is 414 g/mol. The summed E-state index contributed by atoms with van der Waals surface area (Å²) < 4.78 is 0. The number of hydrogen-bond donors (Lipinski definition) is 2. The summed E-state index contributed by atoms with van der Waals surface area (Å²) in [5.41, 5.74) is 5.47. The number of aliphatic imine (C=N–C) groups is 1. The van der Waals surface area contributed by atoms with Gasteiger partial charge in [0.2, 0.25) is 0 Å². The SMILES string of the molecule is Cc1ccccc1C1=CNc2c(cc([N+](=O)[O-])c3[nH]ncc23)C(c2ccccc2Cl)=N1. The zero-order valence-electron chi connectivity index (χ0n) is 16.4. The molecule has 5 rings (SSSR count). The molecular formula is C23H16ClN5O2. The van der Waals surface area contributed by atoms with Crippen molar-refractivity contribution < 1.29 is 4.92 Å². The van der Waals surface area contributed by atoms with Gasteiger partial charge in [0.25, 0.3) is 5.69 Å². The quantitative estimate of drug-likeness (QED) is 0.322. The van der Waals surface area contributed by atoms with Crippen LogP contribution < -0.4 is 5.32 Å². The number of rotatable bonds is 3. The lowest BCUT2D eigenvalue weighted by molar-refractivity contribution is -0.383. The van der Waals surface area contributed by atoms with Gasteiger partial charge in [-0.1, -0.05) is 54.1 Å². The monoisotopic (exact) mass is 429 g/mol. The lowest BCUT2D eigenvalue weighted by atomic mass is 9.97. The van der Waals surface area contributed by atoms with Crippen molar-refractivity contribution in [2.45, 2.75) is 6.92 Å². The summed E-state index contributed by atoms with van der Waals surface area (Å²) in [6, 6.07) is 16.8. The summed E-state index contributed by atoms with van der Waals surface area (Å²) in [4.78, 5) is 16.3. The maximum atomic E-state index is 11.8. The molecule has 7 nitrogen and oxygen atoms in total. The predicted molar refractivity (Wildman–Crippen MR) is 123 cm³/mol.